The Labute approximate surface area is 183 Å². The van der Waals surface area contributed by atoms with Crippen LogP contribution in [-0.2, 0) is 19.5 Å². The average molecular weight is 445 g/mol. The maximum absolute atomic E-state index is 14.2. The summed E-state index contributed by atoms with van der Waals surface area (Å²) in [6.45, 7) is 2.99. The Bertz CT molecular complexity index is 1020. The molecule has 0 unspecified atom stereocenters. The maximum atomic E-state index is 14.2. The maximum Gasteiger partial charge on any atom is 0.286 e. The van der Waals surface area contributed by atoms with Crippen molar-refractivity contribution in [3.05, 3.63) is 74.4 Å². The van der Waals surface area contributed by atoms with Gasteiger partial charge in [-0.2, -0.15) is 0 Å². The lowest BCUT2D eigenvalue weighted by atomic mass is 10.1. The number of nitrogens with one attached hydrogen (secondary N) is 1. The van der Waals surface area contributed by atoms with Crippen molar-refractivity contribution in [2.75, 3.05) is 5.32 Å². The molecule has 1 heterocycles. The van der Waals surface area contributed by atoms with Crippen LogP contribution in [0.1, 0.15) is 45.7 Å². The highest BCUT2D eigenvalue weighted by atomic mass is 35.5. The lowest BCUT2D eigenvalue weighted by Gasteiger charge is -2.21. The molecule has 1 amide bonds. The molecule has 2 aromatic carbocycles. The molecule has 8 heteroatoms. The molecular weight excluding hydrogens is 423 g/mol. The summed E-state index contributed by atoms with van der Waals surface area (Å²) in [4.78, 5) is 14.7. The first-order chi connectivity index (χ1) is 14.5. The van der Waals surface area contributed by atoms with Gasteiger partial charge in [0.1, 0.15) is 10.8 Å². The molecule has 0 spiro atoms. The first kappa shape index (κ1) is 20.9. The summed E-state index contributed by atoms with van der Waals surface area (Å²) < 4.78 is 14.2. The van der Waals surface area contributed by atoms with Gasteiger partial charge in [-0.1, -0.05) is 48.1 Å². The Hall–Kier alpha value is -2.35. The van der Waals surface area contributed by atoms with Gasteiger partial charge < -0.3 is 5.32 Å². The zero-order valence-electron chi connectivity index (χ0n) is 16.6. The molecule has 5 nitrogen and oxygen atoms in total. The van der Waals surface area contributed by atoms with Crippen molar-refractivity contribution < 1.29 is 9.18 Å². The number of hydrogen-bond acceptors (Lipinski definition) is 5. The van der Waals surface area contributed by atoms with E-state index in [1.54, 1.807) is 12.1 Å². The number of benzene rings is 2. The van der Waals surface area contributed by atoms with Gasteiger partial charge in [0.05, 0.1) is 6.54 Å². The number of amides is 1. The fraction of sp³-hybridized carbons (Fsp3) is 0.318. The van der Waals surface area contributed by atoms with Gasteiger partial charge in [0.25, 0.3) is 5.91 Å². The predicted octanol–water partition coefficient (Wildman–Crippen LogP) is 5.31. The summed E-state index contributed by atoms with van der Waals surface area (Å²) in [7, 11) is 0. The third-order valence-corrected chi connectivity index (χ3v) is 6.37. The number of hydrogen-bond donors (Lipinski definition) is 1. The van der Waals surface area contributed by atoms with Gasteiger partial charge in [-0.15, -0.1) is 10.2 Å². The molecule has 1 aliphatic rings. The Morgan fingerprint density at radius 2 is 1.97 bits per heavy atom. The van der Waals surface area contributed by atoms with E-state index in [2.05, 4.69) is 27.3 Å². The summed E-state index contributed by atoms with van der Waals surface area (Å²) in [6, 6.07) is 12.8. The fourth-order valence-corrected chi connectivity index (χ4v) is 4.21. The average Bonchev–Trinajstić information content (AvgIpc) is 3.48. The summed E-state index contributed by atoms with van der Waals surface area (Å²) in [5.74, 6) is -0.585. The van der Waals surface area contributed by atoms with Crippen molar-refractivity contribution in [2.45, 2.75) is 45.3 Å². The Morgan fingerprint density at radius 3 is 2.63 bits per heavy atom. The molecule has 0 atom stereocenters. The second-order valence-electron chi connectivity index (χ2n) is 7.34. The van der Waals surface area contributed by atoms with E-state index < -0.39 is 0 Å². The highest BCUT2D eigenvalue weighted by Gasteiger charge is 2.31. The van der Waals surface area contributed by atoms with Crippen LogP contribution >= 0.6 is 22.9 Å². The van der Waals surface area contributed by atoms with Crippen molar-refractivity contribution in [3.63, 3.8) is 0 Å². The smallest absolute Gasteiger partial charge is 0.286 e. The van der Waals surface area contributed by atoms with Crippen LogP contribution in [0.25, 0.3) is 0 Å². The first-order valence-corrected chi connectivity index (χ1v) is 11.1. The lowest BCUT2D eigenvalue weighted by molar-refractivity contribution is 0.102. The molecule has 1 aliphatic carbocycles. The quantitative estimate of drug-likeness (QED) is 0.511. The lowest BCUT2D eigenvalue weighted by Crippen LogP contribution is -2.25. The molecule has 1 saturated carbocycles. The van der Waals surface area contributed by atoms with Crippen LogP contribution in [0.3, 0.4) is 0 Å². The second-order valence-corrected chi connectivity index (χ2v) is 8.81. The van der Waals surface area contributed by atoms with Crippen LogP contribution in [0.15, 0.2) is 42.5 Å². The topological polar surface area (TPSA) is 58.1 Å². The number of rotatable bonds is 8. The van der Waals surface area contributed by atoms with Crippen molar-refractivity contribution >= 4 is 34.5 Å². The fourth-order valence-electron chi connectivity index (χ4n) is 3.23. The van der Waals surface area contributed by atoms with Crippen molar-refractivity contribution in [1.82, 2.24) is 15.1 Å². The standard InChI is InChI=1S/C22H22ClFN4OS/c1-2-14-6-8-15(9-7-14)25-21(29)22-27-26-20(30-22)13-28(16-10-11-16)12-17-18(23)4-3-5-19(17)24/h3-9,16H,2,10-13H2,1H3,(H,25,29). The van der Waals surface area contributed by atoms with Crippen molar-refractivity contribution in [3.8, 4) is 0 Å². The van der Waals surface area contributed by atoms with E-state index in [9.17, 15) is 9.18 Å². The summed E-state index contributed by atoms with van der Waals surface area (Å²) in [5.41, 5.74) is 2.42. The van der Waals surface area contributed by atoms with Gasteiger partial charge in [0.15, 0.2) is 0 Å². The third-order valence-electron chi connectivity index (χ3n) is 5.11. The van der Waals surface area contributed by atoms with Gasteiger partial charge >= 0.3 is 0 Å². The Kier molecular flexibility index (Phi) is 6.41. The van der Waals surface area contributed by atoms with E-state index in [1.165, 1.54) is 23.0 Å². The summed E-state index contributed by atoms with van der Waals surface area (Å²) in [6.07, 6.45) is 3.07. The molecular formula is C22H22ClFN4OS. The molecule has 3 aromatic rings. The van der Waals surface area contributed by atoms with Crippen LogP contribution in [-0.4, -0.2) is 27.0 Å². The highest BCUT2D eigenvalue weighted by molar-refractivity contribution is 7.13. The Balaban J connectivity index is 1.42. The van der Waals surface area contributed by atoms with Crippen LogP contribution in [0.5, 0.6) is 0 Å². The zero-order chi connectivity index (χ0) is 21.1. The number of carbonyl (C=O) groups excluding carboxylic acids is 1. The molecule has 0 radical (unpaired) electrons. The van der Waals surface area contributed by atoms with E-state index in [1.807, 2.05) is 24.3 Å². The number of carbonyl (C=O) groups is 1. The first-order valence-electron chi connectivity index (χ1n) is 9.93. The van der Waals surface area contributed by atoms with E-state index in [0.717, 1.165) is 30.0 Å². The minimum atomic E-state index is -0.306. The van der Waals surface area contributed by atoms with E-state index in [4.69, 9.17) is 11.6 Å². The second kappa shape index (κ2) is 9.20. The molecule has 0 saturated heterocycles. The van der Waals surface area contributed by atoms with E-state index in [-0.39, 0.29) is 11.7 Å². The van der Waals surface area contributed by atoms with Crippen molar-refractivity contribution in [1.29, 1.82) is 0 Å². The highest BCUT2D eigenvalue weighted by Crippen LogP contribution is 2.32. The van der Waals surface area contributed by atoms with Gasteiger partial charge in [-0.25, -0.2) is 4.39 Å². The monoisotopic (exact) mass is 444 g/mol. The molecule has 30 heavy (non-hydrogen) atoms. The molecule has 1 aromatic heterocycles. The minimum absolute atomic E-state index is 0.280. The number of aryl methyl sites for hydroxylation is 1. The number of nitrogens with zero attached hydrogens (tertiary/aromatic N) is 3. The van der Waals surface area contributed by atoms with Crippen LogP contribution in [0.2, 0.25) is 5.02 Å². The van der Waals surface area contributed by atoms with E-state index >= 15 is 0 Å². The predicted molar refractivity (Wildman–Crippen MR) is 117 cm³/mol. The van der Waals surface area contributed by atoms with Gasteiger partial charge in [-0.3, -0.25) is 9.69 Å². The molecule has 1 fully saturated rings. The Morgan fingerprint density at radius 1 is 1.20 bits per heavy atom. The van der Waals surface area contributed by atoms with Gasteiger partial charge in [-0.05, 0) is 49.1 Å². The molecule has 0 aliphatic heterocycles. The molecule has 156 valence electrons. The third kappa shape index (κ3) is 5.03. The minimum Gasteiger partial charge on any atom is -0.320 e. The number of anilines is 1. The zero-order valence-corrected chi connectivity index (χ0v) is 18.1. The summed E-state index contributed by atoms with van der Waals surface area (Å²) in [5, 5.41) is 12.5. The largest absolute Gasteiger partial charge is 0.320 e. The molecule has 1 N–H and O–H groups in total. The summed E-state index contributed by atoms with van der Waals surface area (Å²) >= 11 is 7.46. The molecule has 4 rings (SSSR count). The van der Waals surface area contributed by atoms with Crippen LogP contribution in [0.4, 0.5) is 10.1 Å². The van der Waals surface area contributed by atoms with Crippen molar-refractivity contribution in [2.24, 2.45) is 0 Å². The van der Waals surface area contributed by atoms with Gasteiger partial charge in [0.2, 0.25) is 5.01 Å². The van der Waals surface area contributed by atoms with Crippen LogP contribution < -0.4 is 5.32 Å². The SMILES string of the molecule is CCc1ccc(NC(=O)c2nnc(CN(Cc3c(F)cccc3Cl)C3CC3)s2)cc1. The van der Waals surface area contributed by atoms with E-state index in [0.29, 0.717) is 34.7 Å². The molecule has 0 bridgehead atoms. The van der Waals surface area contributed by atoms with Gasteiger partial charge in [0, 0.05) is 28.9 Å². The number of halogens is 2. The van der Waals surface area contributed by atoms with Crippen LogP contribution in [0, 0.1) is 5.82 Å². The number of aromatic nitrogens is 2. The normalized spacial score (nSPS) is 13.6.